The van der Waals surface area contributed by atoms with Crippen LogP contribution in [0.5, 0.6) is 0 Å². The zero-order valence-electron chi connectivity index (χ0n) is 24.1. The topological polar surface area (TPSA) is 110 Å². The smallest absolute Gasteiger partial charge is 0.245 e. The van der Waals surface area contributed by atoms with Gasteiger partial charge in [-0.2, -0.15) is 5.10 Å². The number of likely N-dealkylation sites (tertiary alicyclic amines) is 1. The van der Waals surface area contributed by atoms with E-state index in [0.29, 0.717) is 41.3 Å². The second kappa shape index (κ2) is 10.6. The average molecular weight is 585 g/mol. The molecule has 6 rings (SSSR count). The first-order valence-corrected chi connectivity index (χ1v) is 14.6. The molecule has 0 spiro atoms. The van der Waals surface area contributed by atoms with E-state index in [1.165, 1.54) is 6.92 Å². The maximum atomic E-state index is 13.9. The minimum absolute atomic E-state index is 0.0210. The Kier molecular flexibility index (Phi) is 7.09. The van der Waals surface area contributed by atoms with Crippen LogP contribution in [-0.4, -0.2) is 60.9 Å². The quantitative estimate of drug-likeness (QED) is 0.301. The Morgan fingerprint density at radius 3 is 2.52 bits per heavy atom. The van der Waals surface area contributed by atoms with E-state index in [0.717, 1.165) is 34.2 Å². The molecule has 1 aliphatic carbocycles. The van der Waals surface area contributed by atoms with Crippen molar-refractivity contribution >= 4 is 40.1 Å². The van der Waals surface area contributed by atoms with E-state index >= 15 is 0 Å². The number of halogens is 1. The molecule has 1 saturated heterocycles. The van der Waals surface area contributed by atoms with Crippen molar-refractivity contribution in [1.29, 1.82) is 0 Å². The van der Waals surface area contributed by atoms with Crippen molar-refractivity contribution in [1.82, 2.24) is 30.0 Å². The van der Waals surface area contributed by atoms with Gasteiger partial charge < -0.3 is 10.2 Å². The van der Waals surface area contributed by atoms with Gasteiger partial charge in [0.2, 0.25) is 11.8 Å². The molecule has 1 aliphatic heterocycles. The fraction of sp³-hybridized carbons (Fsp3) is 0.375. The molecule has 1 N–H and O–H groups in total. The summed E-state index contributed by atoms with van der Waals surface area (Å²) in [5.41, 5.74) is 4.52. The highest BCUT2D eigenvalue weighted by Gasteiger charge is 2.64. The van der Waals surface area contributed by atoms with Crippen molar-refractivity contribution in [3.8, 4) is 11.1 Å². The predicted molar refractivity (Wildman–Crippen MR) is 160 cm³/mol. The number of ketones is 1. The highest BCUT2D eigenvalue weighted by molar-refractivity contribution is 6.31. The summed E-state index contributed by atoms with van der Waals surface area (Å²) in [4.78, 5) is 50.2. The van der Waals surface area contributed by atoms with E-state index in [1.807, 2.05) is 50.2 Å². The summed E-state index contributed by atoms with van der Waals surface area (Å²) < 4.78 is 1.61. The number of Topliss-reactive ketones (excluding diaryl/α,β-unsaturated/α-hetero) is 1. The molecule has 2 aliphatic rings. The first-order chi connectivity index (χ1) is 20.1. The highest BCUT2D eigenvalue weighted by atomic mass is 35.5. The second-order valence-electron chi connectivity index (χ2n) is 11.8. The molecular weight excluding hydrogens is 552 g/mol. The van der Waals surface area contributed by atoms with Crippen LogP contribution in [-0.2, 0) is 22.6 Å². The summed E-state index contributed by atoms with van der Waals surface area (Å²) in [6, 6.07) is 10.9. The minimum Gasteiger partial charge on any atom is -0.354 e. The lowest BCUT2D eigenvalue weighted by atomic mass is 10.0. The van der Waals surface area contributed by atoms with E-state index in [2.05, 4.69) is 27.3 Å². The third kappa shape index (κ3) is 5.06. The highest BCUT2D eigenvalue weighted by Crippen LogP contribution is 2.59. The van der Waals surface area contributed by atoms with Gasteiger partial charge >= 0.3 is 0 Å². The van der Waals surface area contributed by atoms with Crippen molar-refractivity contribution in [2.75, 3.05) is 6.54 Å². The Morgan fingerprint density at radius 1 is 1.07 bits per heavy atom. The Balaban J connectivity index is 1.24. The molecule has 2 aromatic heterocycles. The Labute approximate surface area is 249 Å². The Morgan fingerprint density at radius 2 is 1.81 bits per heavy atom. The van der Waals surface area contributed by atoms with Gasteiger partial charge in [0.05, 0.1) is 5.52 Å². The van der Waals surface area contributed by atoms with E-state index in [-0.39, 0.29) is 35.6 Å². The monoisotopic (exact) mass is 584 g/mol. The number of piperidine rings is 1. The summed E-state index contributed by atoms with van der Waals surface area (Å²) >= 11 is 6.27. The van der Waals surface area contributed by atoms with Crippen molar-refractivity contribution < 1.29 is 14.4 Å². The van der Waals surface area contributed by atoms with Crippen LogP contribution in [0.25, 0.3) is 22.0 Å². The molecule has 3 heterocycles. The zero-order chi connectivity index (χ0) is 29.8. The minimum atomic E-state index is -0.546. The van der Waals surface area contributed by atoms with Crippen LogP contribution in [0, 0.1) is 19.3 Å². The first-order valence-electron chi connectivity index (χ1n) is 14.2. The van der Waals surface area contributed by atoms with Gasteiger partial charge in [-0.3, -0.25) is 19.1 Å². The van der Waals surface area contributed by atoms with Crippen molar-refractivity contribution in [3.63, 3.8) is 0 Å². The third-order valence-electron chi connectivity index (χ3n) is 8.64. The molecule has 42 heavy (non-hydrogen) atoms. The fourth-order valence-electron chi connectivity index (χ4n) is 6.32. The number of nitrogens with zero attached hydrogens (tertiary/aromatic N) is 5. The largest absolute Gasteiger partial charge is 0.354 e. The number of hydrogen-bond donors (Lipinski definition) is 1. The SMILES string of the molecule is CC(=O)c1nn(CC(=O)N2C3C[C@]3(C)C[C@H]2C(=O)NCCc2ccccc2Cl)c2c(C)cc(-c3cnc(C)nc3)cc12. The number of fused-ring (bicyclic) bond motifs is 2. The molecule has 9 nitrogen and oxygen atoms in total. The molecule has 0 radical (unpaired) electrons. The number of benzene rings is 2. The molecule has 3 atom stereocenters. The zero-order valence-corrected chi connectivity index (χ0v) is 24.9. The normalized spacial score (nSPS) is 20.9. The number of aromatic nitrogens is 4. The Bertz CT molecular complexity index is 1730. The molecule has 0 bridgehead atoms. The number of carbonyl (C=O) groups excluding carboxylic acids is 3. The number of rotatable bonds is 8. The molecule has 1 saturated carbocycles. The Hall–Kier alpha value is -4.11. The molecule has 4 aromatic rings. The van der Waals surface area contributed by atoms with Gasteiger partial charge in [-0.1, -0.05) is 36.7 Å². The van der Waals surface area contributed by atoms with Gasteiger partial charge in [0.25, 0.3) is 0 Å². The third-order valence-corrected chi connectivity index (χ3v) is 9.01. The summed E-state index contributed by atoms with van der Waals surface area (Å²) in [6.45, 7) is 7.75. The maximum absolute atomic E-state index is 13.9. The lowest BCUT2D eigenvalue weighted by Crippen LogP contribution is -2.49. The predicted octanol–water partition coefficient (Wildman–Crippen LogP) is 4.70. The molecule has 2 amide bonds. The molecular formula is C32H33ClN6O3. The molecule has 10 heteroatoms. The van der Waals surface area contributed by atoms with Crippen LogP contribution < -0.4 is 5.32 Å². The van der Waals surface area contributed by atoms with Crippen LogP contribution in [0.15, 0.2) is 48.8 Å². The summed E-state index contributed by atoms with van der Waals surface area (Å²) in [6.07, 6.45) is 5.62. The van der Waals surface area contributed by atoms with Crippen molar-refractivity contribution in [2.24, 2.45) is 5.41 Å². The van der Waals surface area contributed by atoms with Gasteiger partial charge in [0.1, 0.15) is 24.1 Å². The van der Waals surface area contributed by atoms with E-state index in [9.17, 15) is 14.4 Å². The molecule has 216 valence electrons. The van der Waals surface area contributed by atoms with E-state index in [4.69, 9.17) is 11.6 Å². The van der Waals surface area contributed by atoms with Gasteiger partial charge in [0.15, 0.2) is 5.78 Å². The number of aryl methyl sites for hydroxylation is 2. The van der Waals surface area contributed by atoms with Crippen LogP contribution in [0.3, 0.4) is 0 Å². The first kappa shape index (κ1) is 28.0. The number of carbonyl (C=O) groups is 3. The van der Waals surface area contributed by atoms with Crippen LogP contribution in [0.4, 0.5) is 0 Å². The molecule has 2 aromatic carbocycles. The van der Waals surface area contributed by atoms with Gasteiger partial charge in [-0.15, -0.1) is 0 Å². The van der Waals surface area contributed by atoms with E-state index in [1.54, 1.807) is 22.0 Å². The maximum Gasteiger partial charge on any atom is 0.245 e. The standard InChI is InChI=1S/C32H33ClN6O3/c1-18-11-22(23-15-35-20(3)36-16-23)12-24-29(19(2)40)37-38(30(18)24)17-28(41)39-26(13-32(4)14-27(32)39)31(42)34-10-9-21-7-5-6-8-25(21)33/h5-8,11-12,15-16,26-27H,9-10,13-14,17H2,1-4H3,(H,34,42)/t26-,27?,32-/m0/s1. The van der Waals surface area contributed by atoms with Crippen LogP contribution in [0.2, 0.25) is 5.02 Å². The van der Waals surface area contributed by atoms with Gasteiger partial charge in [-0.25, -0.2) is 9.97 Å². The van der Waals surface area contributed by atoms with Gasteiger partial charge in [0, 0.05) is 47.9 Å². The van der Waals surface area contributed by atoms with E-state index < -0.39 is 6.04 Å². The second-order valence-corrected chi connectivity index (χ2v) is 12.2. The van der Waals surface area contributed by atoms with Crippen molar-refractivity contribution in [3.05, 3.63) is 76.5 Å². The number of hydrogen-bond acceptors (Lipinski definition) is 6. The summed E-state index contributed by atoms with van der Waals surface area (Å²) in [7, 11) is 0. The van der Waals surface area contributed by atoms with Crippen LogP contribution in [0.1, 0.15) is 54.1 Å². The van der Waals surface area contributed by atoms with Crippen LogP contribution >= 0.6 is 11.6 Å². The number of amides is 2. The average Bonchev–Trinajstić information content (AvgIpc) is 3.30. The lowest BCUT2D eigenvalue weighted by Gasteiger charge is -2.27. The number of nitrogens with one attached hydrogen (secondary N) is 1. The van der Waals surface area contributed by atoms with Crippen molar-refractivity contribution in [2.45, 2.75) is 65.6 Å². The lowest BCUT2D eigenvalue weighted by molar-refractivity contribution is -0.140. The summed E-state index contributed by atoms with van der Waals surface area (Å²) in [5, 5.41) is 8.97. The fourth-order valence-corrected chi connectivity index (χ4v) is 6.55. The molecule has 2 fully saturated rings. The van der Waals surface area contributed by atoms with Gasteiger partial charge in [-0.05, 0) is 73.4 Å². The molecule has 1 unspecified atom stereocenters. The summed E-state index contributed by atoms with van der Waals surface area (Å²) in [5.74, 6) is 0.158.